The number of anilines is 1. The second kappa shape index (κ2) is 10.0. The molecule has 7 nitrogen and oxygen atoms in total. The smallest absolute Gasteiger partial charge is 0.273 e. The number of nitrogens with zero attached hydrogens (tertiary/aromatic N) is 4. The van der Waals surface area contributed by atoms with E-state index in [4.69, 9.17) is 16.3 Å². The van der Waals surface area contributed by atoms with Gasteiger partial charge in [0.15, 0.2) is 5.69 Å². The van der Waals surface area contributed by atoms with Crippen LogP contribution in [0.3, 0.4) is 0 Å². The Morgan fingerprint density at radius 3 is 2.65 bits per heavy atom. The fourth-order valence-electron chi connectivity index (χ4n) is 3.96. The first-order valence-corrected chi connectivity index (χ1v) is 11.1. The highest BCUT2D eigenvalue weighted by Crippen LogP contribution is 2.28. The summed E-state index contributed by atoms with van der Waals surface area (Å²) in [6, 6.07) is 13.8. The minimum absolute atomic E-state index is 0.223. The van der Waals surface area contributed by atoms with Crippen LogP contribution in [-0.2, 0) is 0 Å². The highest BCUT2D eigenvalue weighted by molar-refractivity contribution is 6.36. The van der Waals surface area contributed by atoms with Crippen LogP contribution in [0.15, 0.2) is 48.7 Å². The summed E-state index contributed by atoms with van der Waals surface area (Å²) in [4.78, 5) is 17.3. The minimum Gasteiger partial charge on any atom is -0.495 e. The zero-order valence-electron chi connectivity index (χ0n) is 17.8. The summed E-state index contributed by atoms with van der Waals surface area (Å²) >= 11 is 6.31. The molecule has 1 N–H and O–H groups in total. The number of piperazine rings is 1. The van der Waals surface area contributed by atoms with Gasteiger partial charge in [-0.1, -0.05) is 29.8 Å². The second-order valence-corrected chi connectivity index (χ2v) is 8.03. The van der Waals surface area contributed by atoms with E-state index in [-0.39, 0.29) is 11.6 Å². The van der Waals surface area contributed by atoms with Gasteiger partial charge in [0, 0.05) is 38.9 Å². The van der Waals surface area contributed by atoms with Gasteiger partial charge in [-0.3, -0.25) is 9.69 Å². The molecule has 0 saturated carbocycles. The van der Waals surface area contributed by atoms with Crippen molar-refractivity contribution in [2.24, 2.45) is 0 Å². The summed E-state index contributed by atoms with van der Waals surface area (Å²) in [5.74, 6) is 0.705. The number of aromatic nitrogens is 2. The monoisotopic (exact) mass is 441 g/mol. The molecule has 0 spiro atoms. The van der Waals surface area contributed by atoms with Gasteiger partial charge in [0.25, 0.3) is 5.91 Å². The van der Waals surface area contributed by atoms with Gasteiger partial charge in [-0.25, -0.2) is 4.52 Å². The minimum atomic E-state index is -0.223. The Labute approximate surface area is 187 Å². The number of carbonyl (C=O) groups is 1. The first-order valence-electron chi connectivity index (χ1n) is 10.7. The number of halogens is 1. The molecule has 3 heterocycles. The zero-order valence-corrected chi connectivity index (χ0v) is 18.5. The first kappa shape index (κ1) is 21.5. The van der Waals surface area contributed by atoms with Gasteiger partial charge >= 0.3 is 0 Å². The van der Waals surface area contributed by atoms with E-state index in [0.29, 0.717) is 11.6 Å². The molecule has 0 aliphatic carbocycles. The first-order chi connectivity index (χ1) is 15.2. The van der Waals surface area contributed by atoms with Crippen molar-refractivity contribution in [3.8, 4) is 5.75 Å². The fourth-order valence-corrected chi connectivity index (χ4v) is 4.24. The zero-order chi connectivity index (χ0) is 21.6. The van der Waals surface area contributed by atoms with E-state index in [1.807, 2.05) is 30.3 Å². The third kappa shape index (κ3) is 4.94. The van der Waals surface area contributed by atoms with Crippen molar-refractivity contribution in [3.63, 3.8) is 0 Å². The lowest BCUT2D eigenvalue weighted by Gasteiger charge is -2.36. The largest absolute Gasteiger partial charge is 0.495 e. The number of pyridine rings is 1. The van der Waals surface area contributed by atoms with E-state index in [0.717, 1.165) is 62.5 Å². The maximum atomic E-state index is 12.4. The molecule has 0 radical (unpaired) electrons. The van der Waals surface area contributed by atoms with Crippen molar-refractivity contribution in [1.82, 2.24) is 19.8 Å². The predicted molar refractivity (Wildman–Crippen MR) is 123 cm³/mol. The molecule has 0 unspecified atom stereocenters. The third-order valence-corrected chi connectivity index (χ3v) is 6.05. The van der Waals surface area contributed by atoms with E-state index >= 15 is 0 Å². The number of methoxy groups -OCH3 is 1. The van der Waals surface area contributed by atoms with Crippen LogP contribution < -0.4 is 15.0 Å². The van der Waals surface area contributed by atoms with E-state index in [1.165, 1.54) is 0 Å². The number of hydrogen-bond acceptors (Lipinski definition) is 5. The Morgan fingerprint density at radius 2 is 1.87 bits per heavy atom. The van der Waals surface area contributed by atoms with Crippen LogP contribution in [0.5, 0.6) is 5.75 Å². The fraction of sp³-hybridized carbons (Fsp3) is 0.391. The Kier molecular flexibility index (Phi) is 6.94. The van der Waals surface area contributed by atoms with E-state index in [1.54, 1.807) is 17.8 Å². The van der Waals surface area contributed by atoms with E-state index < -0.39 is 0 Å². The molecule has 8 heteroatoms. The SMILES string of the molecule is COc1ccccc1N1CCN(CCCCNC(=O)c2nn3ccccc3c2Cl)CC1. The molecule has 1 aliphatic heterocycles. The lowest BCUT2D eigenvalue weighted by Crippen LogP contribution is -2.46. The van der Waals surface area contributed by atoms with Crippen LogP contribution >= 0.6 is 11.6 Å². The van der Waals surface area contributed by atoms with Crippen molar-refractivity contribution in [3.05, 3.63) is 59.4 Å². The summed E-state index contributed by atoms with van der Waals surface area (Å²) in [6.45, 7) is 5.69. The van der Waals surface area contributed by atoms with Gasteiger partial charge in [-0.2, -0.15) is 5.10 Å². The Hall–Kier alpha value is -2.77. The Bertz CT molecular complexity index is 1030. The van der Waals surface area contributed by atoms with Crippen molar-refractivity contribution < 1.29 is 9.53 Å². The molecule has 1 aromatic carbocycles. The molecule has 1 fully saturated rings. The van der Waals surface area contributed by atoms with Gasteiger partial charge < -0.3 is 15.0 Å². The number of amides is 1. The molecule has 1 saturated heterocycles. The number of benzene rings is 1. The summed E-state index contributed by atoms with van der Waals surface area (Å²) in [7, 11) is 1.72. The number of carbonyl (C=O) groups excluding carboxylic acids is 1. The Balaban J connectivity index is 1.17. The quantitative estimate of drug-likeness (QED) is 0.543. The average molecular weight is 442 g/mol. The molecule has 31 heavy (non-hydrogen) atoms. The van der Waals surface area contributed by atoms with Gasteiger partial charge in [0.05, 0.1) is 23.3 Å². The number of ether oxygens (including phenoxy) is 1. The molecular formula is C23H28ClN5O2. The van der Waals surface area contributed by atoms with Gasteiger partial charge in [-0.05, 0) is 43.7 Å². The lowest BCUT2D eigenvalue weighted by molar-refractivity contribution is 0.0947. The highest BCUT2D eigenvalue weighted by atomic mass is 35.5. The number of para-hydroxylation sites is 2. The van der Waals surface area contributed by atoms with Gasteiger partial charge in [-0.15, -0.1) is 0 Å². The van der Waals surface area contributed by atoms with Crippen LogP contribution in [0.1, 0.15) is 23.3 Å². The van der Waals surface area contributed by atoms with Gasteiger partial charge in [0.2, 0.25) is 0 Å². The highest BCUT2D eigenvalue weighted by Gasteiger charge is 2.20. The van der Waals surface area contributed by atoms with Crippen LogP contribution in [0.2, 0.25) is 5.02 Å². The van der Waals surface area contributed by atoms with E-state index in [9.17, 15) is 4.79 Å². The molecule has 0 atom stereocenters. The van der Waals surface area contributed by atoms with Crippen LogP contribution in [0.4, 0.5) is 5.69 Å². The summed E-state index contributed by atoms with van der Waals surface area (Å²) in [5.41, 5.74) is 2.18. The number of fused-ring (bicyclic) bond motifs is 1. The lowest BCUT2D eigenvalue weighted by atomic mass is 10.2. The van der Waals surface area contributed by atoms with Crippen molar-refractivity contribution in [2.75, 3.05) is 51.3 Å². The summed E-state index contributed by atoms with van der Waals surface area (Å²) in [6.07, 6.45) is 3.74. The molecule has 164 valence electrons. The van der Waals surface area contributed by atoms with Crippen molar-refractivity contribution in [2.45, 2.75) is 12.8 Å². The topological polar surface area (TPSA) is 62.1 Å². The van der Waals surface area contributed by atoms with Crippen molar-refractivity contribution >= 4 is 28.7 Å². The van der Waals surface area contributed by atoms with Crippen molar-refractivity contribution in [1.29, 1.82) is 0 Å². The molecule has 2 aromatic heterocycles. The predicted octanol–water partition coefficient (Wildman–Crippen LogP) is 3.33. The second-order valence-electron chi connectivity index (χ2n) is 7.66. The normalized spacial score (nSPS) is 14.7. The van der Waals surface area contributed by atoms with Crippen LogP contribution in [-0.4, -0.2) is 66.8 Å². The summed E-state index contributed by atoms with van der Waals surface area (Å²) < 4.78 is 7.12. The number of rotatable bonds is 8. The number of unbranched alkanes of at least 4 members (excludes halogenated alkanes) is 1. The molecular weight excluding hydrogens is 414 g/mol. The Morgan fingerprint density at radius 1 is 1.10 bits per heavy atom. The standard InChI is InChI=1S/C23H28ClN5O2/c1-31-20-10-3-2-8-18(20)28-16-14-27(15-17-28)12-7-5-11-25-23(30)22-21(24)19-9-4-6-13-29(19)26-22/h2-4,6,8-10,13H,5,7,11-12,14-17H2,1H3,(H,25,30). The molecule has 1 aliphatic rings. The molecule has 4 rings (SSSR count). The maximum Gasteiger partial charge on any atom is 0.273 e. The average Bonchev–Trinajstić information content (AvgIpc) is 3.16. The molecule has 0 bridgehead atoms. The molecule has 1 amide bonds. The maximum absolute atomic E-state index is 12.4. The number of hydrogen-bond donors (Lipinski definition) is 1. The number of nitrogens with one attached hydrogen (secondary N) is 1. The van der Waals surface area contributed by atoms with Crippen LogP contribution in [0, 0.1) is 0 Å². The third-order valence-electron chi connectivity index (χ3n) is 5.68. The van der Waals surface area contributed by atoms with E-state index in [2.05, 4.69) is 32.3 Å². The molecule has 3 aromatic rings. The summed E-state index contributed by atoms with van der Waals surface area (Å²) in [5, 5.41) is 7.61. The van der Waals surface area contributed by atoms with Gasteiger partial charge in [0.1, 0.15) is 5.75 Å². The van der Waals surface area contributed by atoms with Crippen LogP contribution in [0.25, 0.3) is 5.52 Å².